The van der Waals surface area contributed by atoms with Crippen LogP contribution >= 0.6 is 11.6 Å². The van der Waals surface area contributed by atoms with Crippen LogP contribution in [0.2, 0.25) is 5.02 Å². The molecule has 2 amide bonds. The number of nitrogens with one attached hydrogen (secondary N) is 2. The summed E-state index contributed by atoms with van der Waals surface area (Å²) in [6.07, 6.45) is 0. The molecule has 2 aliphatic heterocycles. The number of rotatable bonds is 5. The van der Waals surface area contributed by atoms with Crippen molar-refractivity contribution in [2.45, 2.75) is 19.9 Å². The van der Waals surface area contributed by atoms with E-state index in [1.165, 1.54) is 23.9 Å². The Morgan fingerprint density at radius 1 is 1.09 bits per heavy atom. The Morgan fingerprint density at radius 3 is 2.52 bits per heavy atom. The number of carbonyl (C=O) groups is 2. The second kappa shape index (κ2) is 9.85. The summed E-state index contributed by atoms with van der Waals surface area (Å²) in [5.74, 6) is -0.489. The summed E-state index contributed by atoms with van der Waals surface area (Å²) in [5, 5.41) is 6.14. The predicted octanol–water partition coefficient (Wildman–Crippen LogP) is 3.56. The number of benzene rings is 2. The first-order chi connectivity index (χ1) is 15.9. The minimum absolute atomic E-state index is 0.364. The van der Waals surface area contributed by atoms with Crippen molar-refractivity contribution in [1.29, 1.82) is 0 Å². The van der Waals surface area contributed by atoms with E-state index < -0.39 is 12.0 Å². The van der Waals surface area contributed by atoms with E-state index in [0.717, 1.165) is 26.2 Å². The number of nitrogens with zero attached hydrogens (tertiary/aromatic N) is 2. The van der Waals surface area contributed by atoms with Crippen molar-refractivity contribution in [3.63, 3.8) is 0 Å². The molecule has 1 atom stereocenters. The molecule has 0 radical (unpaired) electrons. The Hall–Kier alpha value is -3.03. The maximum Gasteiger partial charge on any atom is 0.338 e. The summed E-state index contributed by atoms with van der Waals surface area (Å²) in [6.45, 7) is 8.09. The molecule has 7 nitrogen and oxygen atoms in total. The van der Waals surface area contributed by atoms with Gasteiger partial charge in [0.05, 0.1) is 18.7 Å². The van der Waals surface area contributed by atoms with Crippen LogP contribution in [0.1, 0.15) is 22.7 Å². The lowest BCUT2D eigenvalue weighted by molar-refractivity contribution is -0.136. The van der Waals surface area contributed by atoms with Gasteiger partial charge in [0.15, 0.2) is 0 Å². The molecule has 2 aromatic carbocycles. The second-order valence-corrected chi connectivity index (χ2v) is 8.83. The van der Waals surface area contributed by atoms with Crippen molar-refractivity contribution >= 4 is 29.3 Å². The van der Waals surface area contributed by atoms with Crippen LogP contribution in [0.4, 0.5) is 10.5 Å². The molecule has 0 aliphatic carbocycles. The molecule has 2 aromatic rings. The number of esters is 1. The summed E-state index contributed by atoms with van der Waals surface area (Å²) in [7, 11) is 1.34. The number of piperazine rings is 1. The van der Waals surface area contributed by atoms with Crippen LogP contribution < -0.4 is 15.5 Å². The molecule has 4 rings (SSSR count). The Kier molecular flexibility index (Phi) is 6.91. The highest BCUT2D eigenvalue weighted by Gasteiger charge is 2.35. The van der Waals surface area contributed by atoms with Crippen molar-refractivity contribution in [3.8, 4) is 0 Å². The average Bonchev–Trinajstić information content (AvgIpc) is 2.81. The summed E-state index contributed by atoms with van der Waals surface area (Å²) in [4.78, 5) is 29.9. The van der Waals surface area contributed by atoms with Crippen LogP contribution in [0.3, 0.4) is 0 Å². The van der Waals surface area contributed by atoms with Gasteiger partial charge in [-0.3, -0.25) is 4.90 Å². The third-order valence-electron chi connectivity index (χ3n) is 6.45. The largest absolute Gasteiger partial charge is 0.466 e. The fourth-order valence-corrected chi connectivity index (χ4v) is 4.73. The summed E-state index contributed by atoms with van der Waals surface area (Å²) in [6, 6.07) is 12.5. The molecule has 2 N–H and O–H groups in total. The highest BCUT2D eigenvalue weighted by atomic mass is 35.5. The van der Waals surface area contributed by atoms with Crippen molar-refractivity contribution in [3.05, 3.63) is 75.4 Å². The van der Waals surface area contributed by atoms with E-state index in [9.17, 15) is 9.59 Å². The molecule has 1 fully saturated rings. The number of urea groups is 1. The zero-order valence-electron chi connectivity index (χ0n) is 19.2. The lowest BCUT2D eigenvalue weighted by Crippen LogP contribution is -2.52. The second-order valence-electron chi connectivity index (χ2n) is 8.42. The molecule has 0 unspecified atom stereocenters. The number of ether oxygens (including phenoxy) is 1. The van der Waals surface area contributed by atoms with Crippen LogP contribution in [0, 0.1) is 13.8 Å². The molecular formula is C25H29ClN4O3. The maximum absolute atomic E-state index is 12.8. The third kappa shape index (κ3) is 4.84. The molecule has 0 aromatic heterocycles. The minimum atomic E-state index is -0.675. The number of hydrogen-bond acceptors (Lipinski definition) is 5. The number of carbonyl (C=O) groups excluding carboxylic acids is 2. The predicted molar refractivity (Wildman–Crippen MR) is 129 cm³/mol. The van der Waals surface area contributed by atoms with Crippen molar-refractivity contribution in [1.82, 2.24) is 15.5 Å². The van der Waals surface area contributed by atoms with E-state index in [1.54, 1.807) is 6.07 Å². The highest BCUT2D eigenvalue weighted by molar-refractivity contribution is 6.31. The molecule has 2 heterocycles. The Balaban J connectivity index is 1.56. The van der Waals surface area contributed by atoms with Crippen LogP contribution in [-0.2, 0) is 9.53 Å². The summed E-state index contributed by atoms with van der Waals surface area (Å²) < 4.78 is 5.08. The molecule has 33 heavy (non-hydrogen) atoms. The molecule has 0 bridgehead atoms. The van der Waals surface area contributed by atoms with Crippen molar-refractivity contribution in [2.75, 3.05) is 44.7 Å². The van der Waals surface area contributed by atoms with Gasteiger partial charge in [-0.25, -0.2) is 9.59 Å². The first kappa shape index (κ1) is 23.1. The fraction of sp³-hybridized carbons (Fsp3) is 0.360. The summed E-state index contributed by atoms with van der Waals surface area (Å²) in [5.41, 5.74) is 5.43. The van der Waals surface area contributed by atoms with E-state index >= 15 is 0 Å². The van der Waals surface area contributed by atoms with Gasteiger partial charge in [0.2, 0.25) is 0 Å². The molecule has 1 saturated heterocycles. The third-order valence-corrected chi connectivity index (χ3v) is 6.79. The van der Waals surface area contributed by atoms with Crippen molar-refractivity contribution < 1.29 is 14.3 Å². The molecule has 8 heteroatoms. The maximum atomic E-state index is 12.8. The van der Waals surface area contributed by atoms with Crippen LogP contribution in [0.25, 0.3) is 0 Å². The van der Waals surface area contributed by atoms with Gasteiger partial charge in [0.1, 0.15) is 0 Å². The Bertz CT molecular complexity index is 1090. The Morgan fingerprint density at radius 2 is 1.82 bits per heavy atom. The zero-order valence-corrected chi connectivity index (χ0v) is 19.9. The van der Waals surface area contributed by atoms with Gasteiger partial charge in [-0.2, -0.15) is 0 Å². The fourth-order valence-electron chi connectivity index (χ4n) is 4.48. The van der Waals surface area contributed by atoms with Gasteiger partial charge >= 0.3 is 12.0 Å². The number of amides is 2. The van der Waals surface area contributed by atoms with E-state index in [2.05, 4.69) is 52.5 Å². The zero-order chi connectivity index (χ0) is 23.5. The number of aryl methyl sites for hydroxylation is 1. The van der Waals surface area contributed by atoms with Crippen LogP contribution in [0.5, 0.6) is 0 Å². The van der Waals surface area contributed by atoms with Crippen LogP contribution in [-0.4, -0.2) is 56.7 Å². The van der Waals surface area contributed by atoms with Gasteiger partial charge in [-0.15, -0.1) is 0 Å². The molecule has 2 aliphatic rings. The SMILES string of the molecule is COC(=O)C1=C(CN2CCN(c3cccc(C)c3C)CC2)NC(=O)N[C@H]1c1ccccc1Cl. The van der Waals surface area contributed by atoms with Gasteiger partial charge in [0, 0.05) is 49.1 Å². The number of anilines is 1. The standard InChI is InChI=1S/C25H29ClN4O3/c1-16-7-6-10-21(17(16)2)30-13-11-29(12-14-30)15-20-22(24(31)33-3)23(28-25(32)27-20)18-8-4-5-9-19(18)26/h4-10,23H,11-15H2,1-3H3,(H2,27,28,32)/t23-/m0/s1. The first-order valence-electron chi connectivity index (χ1n) is 11.1. The highest BCUT2D eigenvalue weighted by Crippen LogP contribution is 2.32. The molecular weight excluding hydrogens is 440 g/mol. The quantitative estimate of drug-likeness (QED) is 0.656. The molecule has 0 saturated carbocycles. The molecule has 174 valence electrons. The van der Waals surface area contributed by atoms with E-state index in [1.807, 2.05) is 18.2 Å². The summed E-state index contributed by atoms with van der Waals surface area (Å²) >= 11 is 6.39. The number of methoxy groups -OCH3 is 1. The van der Waals surface area contributed by atoms with Gasteiger partial charge in [-0.1, -0.05) is 41.9 Å². The van der Waals surface area contributed by atoms with E-state index in [0.29, 0.717) is 28.4 Å². The van der Waals surface area contributed by atoms with Gasteiger partial charge in [0.25, 0.3) is 0 Å². The first-order valence-corrected chi connectivity index (χ1v) is 11.4. The average molecular weight is 469 g/mol. The minimum Gasteiger partial charge on any atom is -0.466 e. The lowest BCUT2D eigenvalue weighted by atomic mass is 9.95. The van der Waals surface area contributed by atoms with Crippen molar-refractivity contribution in [2.24, 2.45) is 0 Å². The van der Waals surface area contributed by atoms with E-state index in [4.69, 9.17) is 16.3 Å². The van der Waals surface area contributed by atoms with Gasteiger partial charge < -0.3 is 20.3 Å². The van der Waals surface area contributed by atoms with Crippen LogP contribution in [0.15, 0.2) is 53.7 Å². The Labute approximate surface area is 199 Å². The molecule has 0 spiro atoms. The lowest BCUT2D eigenvalue weighted by Gasteiger charge is -2.38. The smallest absolute Gasteiger partial charge is 0.338 e. The topological polar surface area (TPSA) is 73.9 Å². The number of halogens is 1. The monoisotopic (exact) mass is 468 g/mol. The van der Waals surface area contributed by atoms with E-state index in [-0.39, 0.29) is 6.03 Å². The number of hydrogen-bond donors (Lipinski definition) is 2. The normalized spacial score (nSPS) is 19.2. The van der Waals surface area contributed by atoms with Gasteiger partial charge in [-0.05, 0) is 42.7 Å².